The van der Waals surface area contributed by atoms with Crippen molar-refractivity contribution in [3.8, 4) is 11.3 Å². The zero-order chi connectivity index (χ0) is 23.0. The van der Waals surface area contributed by atoms with Gasteiger partial charge >= 0.3 is 6.18 Å². The Morgan fingerprint density at radius 3 is 2.61 bits per heavy atom. The highest BCUT2D eigenvalue weighted by atomic mass is 19.4. The van der Waals surface area contributed by atoms with Crippen LogP contribution in [0.5, 0.6) is 0 Å². The first-order chi connectivity index (χ1) is 15.7. The van der Waals surface area contributed by atoms with E-state index < -0.39 is 11.6 Å². The molecule has 1 saturated carbocycles. The van der Waals surface area contributed by atoms with Crippen molar-refractivity contribution in [1.82, 2.24) is 20.1 Å². The van der Waals surface area contributed by atoms with Gasteiger partial charge in [0, 0.05) is 43.0 Å². The molecule has 3 aromatic rings. The first-order valence-corrected chi connectivity index (χ1v) is 11.3. The van der Waals surface area contributed by atoms with Crippen molar-refractivity contribution in [2.45, 2.75) is 37.3 Å². The third-order valence-electron chi connectivity index (χ3n) is 7.72. The van der Waals surface area contributed by atoms with E-state index in [-0.39, 0.29) is 29.9 Å². The number of nitrogens with one attached hydrogen (secondary N) is 1. The number of pyridine rings is 1. The molecule has 0 radical (unpaired) electrons. The predicted molar refractivity (Wildman–Crippen MR) is 118 cm³/mol. The largest absolute Gasteiger partial charge is 0.399 e. The Morgan fingerprint density at radius 2 is 1.91 bits per heavy atom. The number of fused-ring (bicyclic) bond motifs is 1. The summed E-state index contributed by atoms with van der Waals surface area (Å²) in [6.07, 6.45) is -1.09. The predicted octanol–water partition coefficient (Wildman–Crippen LogP) is 3.95. The number of nitrogens with zero attached hydrogens (tertiary/aromatic N) is 4. The maximum Gasteiger partial charge on any atom is 0.399 e. The lowest BCUT2D eigenvalue weighted by atomic mass is 9.86. The summed E-state index contributed by atoms with van der Waals surface area (Å²) in [4.78, 5) is 19.1. The quantitative estimate of drug-likeness (QED) is 0.650. The van der Waals surface area contributed by atoms with Crippen molar-refractivity contribution < 1.29 is 18.0 Å². The number of aromatic nitrogens is 3. The molecule has 1 aromatic carbocycles. The fourth-order valence-electron chi connectivity index (χ4n) is 5.49. The average Bonchev–Trinajstić information content (AvgIpc) is 3.25. The minimum absolute atomic E-state index is 0.0489. The summed E-state index contributed by atoms with van der Waals surface area (Å²) < 4.78 is 42.7. The van der Waals surface area contributed by atoms with Gasteiger partial charge in [-0.15, -0.1) is 0 Å². The van der Waals surface area contributed by atoms with Crippen molar-refractivity contribution in [3.05, 3.63) is 42.2 Å². The molecule has 3 aliphatic rings. The van der Waals surface area contributed by atoms with E-state index in [2.05, 4.69) is 15.4 Å². The van der Waals surface area contributed by atoms with E-state index in [0.29, 0.717) is 24.3 Å². The minimum atomic E-state index is -4.32. The average molecular weight is 455 g/mol. The van der Waals surface area contributed by atoms with E-state index >= 15 is 0 Å². The van der Waals surface area contributed by atoms with Gasteiger partial charge in [-0.2, -0.15) is 18.3 Å². The summed E-state index contributed by atoms with van der Waals surface area (Å²) in [5.41, 5.74) is 0.740. The molecule has 2 saturated heterocycles. The molecule has 6 rings (SSSR count). The Balaban J connectivity index is 1.41. The van der Waals surface area contributed by atoms with Crippen molar-refractivity contribution >= 4 is 22.5 Å². The lowest BCUT2D eigenvalue weighted by Gasteiger charge is -2.22. The minimum Gasteiger partial charge on any atom is -0.316 e. The molecule has 2 aliphatic heterocycles. The molecule has 4 heterocycles. The highest BCUT2D eigenvalue weighted by Gasteiger charge is 2.65. The SMILES string of the molecule is Cn1nc(-c2ccnc(C3(C(F)(F)F)CC3)c2)c2cc(N3CC[C@]4(CCNC4)C3=O)ccc21. The molecule has 0 unspecified atom stereocenters. The lowest BCUT2D eigenvalue weighted by Crippen LogP contribution is -2.36. The lowest BCUT2D eigenvalue weighted by molar-refractivity contribution is -0.161. The van der Waals surface area contributed by atoms with E-state index in [0.717, 1.165) is 36.0 Å². The summed E-state index contributed by atoms with van der Waals surface area (Å²) >= 11 is 0. The normalized spacial score (nSPS) is 24.4. The smallest absolute Gasteiger partial charge is 0.316 e. The van der Waals surface area contributed by atoms with Crippen LogP contribution in [0.25, 0.3) is 22.2 Å². The van der Waals surface area contributed by atoms with Crippen LogP contribution in [0, 0.1) is 5.41 Å². The zero-order valence-electron chi connectivity index (χ0n) is 18.2. The van der Waals surface area contributed by atoms with Gasteiger partial charge in [0.25, 0.3) is 0 Å². The third-order valence-corrected chi connectivity index (χ3v) is 7.72. The standard InChI is InChI=1S/C24H24F3N5O/c1-31-18-3-2-16(32-11-8-22(21(32)33)7-10-28-14-22)13-17(18)20(30-31)15-4-9-29-19(12-15)23(5-6-23)24(25,26)27/h2-4,9,12-13,28H,5-8,10-11,14H2,1H3/t22-/m0/s1. The van der Waals surface area contributed by atoms with E-state index in [9.17, 15) is 18.0 Å². The van der Waals surface area contributed by atoms with Gasteiger partial charge in [-0.25, -0.2) is 0 Å². The molecule has 1 spiro atoms. The number of amides is 1. The monoisotopic (exact) mass is 455 g/mol. The van der Waals surface area contributed by atoms with Gasteiger partial charge in [-0.1, -0.05) is 0 Å². The second kappa shape index (κ2) is 6.79. The number of carbonyl (C=O) groups is 1. The Kier molecular flexibility index (Phi) is 4.25. The van der Waals surface area contributed by atoms with Crippen molar-refractivity contribution in [1.29, 1.82) is 0 Å². The van der Waals surface area contributed by atoms with E-state index in [1.54, 1.807) is 10.7 Å². The van der Waals surface area contributed by atoms with Crippen LogP contribution in [-0.4, -0.2) is 46.5 Å². The molecule has 1 aliphatic carbocycles. The van der Waals surface area contributed by atoms with Crippen LogP contribution < -0.4 is 10.2 Å². The molecule has 6 nitrogen and oxygen atoms in total. The number of halogens is 3. The van der Waals surface area contributed by atoms with E-state index in [1.807, 2.05) is 30.1 Å². The molecule has 1 N–H and O–H groups in total. The maximum absolute atomic E-state index is 13.7. The van der Waals surface area contributed by atoms with E-state index in [1.165, 1.54) is 12.3 Å². The number of aryl methyl sites for hydroxylation is 1. The van der Waals surface area contributed by atoms with Gasteiger partial charge in [0.05, 0.1) is 16.6 Å². The first-order valence-electron chi connectivity index (χ1n) is 11.3. The van der Waals surface area contributed by atoms with E-state index in [4.69, 9.17) is 0 Å². The molecule has 0 bridgehead atoms. The second-order valence-corrected chi connectivity index (χ2v) is 9.60. The first kappa shape index (κ1) is 20.7. The Bertz CT molecular complexity index is 1270. The van der Waals surface area contributed by atoms with Crippen LogP contribution in [0.4, 0.5) is 18.9 Å². The number of hydrogen-bond acceptors (Lipinski definition) is 4. The van der Waals surface area contributed by atoms with Crippen molar-refractivity contribution in [2.24, 2.45) is 12.5 Å². The summed E-state index contributed by atoms with van der Waals surface area (Å²) in [5, 5.41) is 8.73. The molecule has 3 fully saturated rings. The molecule has 172 valence electrons. The van der Waals surface area contributed by atoms with Gasteiger partial charge in [0.2, 0.25) is 5.91 Å². The number of alkyl halides is 3. The van der Waals surface area contributed by atoms with Crippen LogP contribution in [0.3, 0.4) is 0 Å². The molecule has 9 heteroatoms. The number of hydrogen-bond donors (Lipinski definition) is 1. The fourth-order valence-corrected chi connectivity index (χ4v) is 5.49. The highest BCUT2D eigenvalue weighted by Crippen LogP contribution is 2.58. The fraction of sp³-hybridized carbons (Fsp3) is 0.458. The number of anilines is 1. The zero-order valence-corrected chi connectivity index (χ0v) is 18.2. The van der Waals surface area contributed by atoms with Crippen LogP contribution in [0.15, 0.2) is 36.5 Å². The highest BCUT2D eigenvalue weighted by molar-refractivity contribution is 6.03. The summed E-state index contributed by atoms with van der Waals surface area (Å²) in [5.74, 6) is 0.143. The molecule has 1 atom stereocenters. The van der Waals surface area contributed by atoms with Gasteiger partial charge in [-0.05, 0) is 62.6 Å². The Hall–Kier alpha value is -2.94. The van der Waals surface area contributed by atoms with Gasteiger partial charge in [0.15, 0.2) is 0 Å². The van der Waals surface area contributed by atoms with Gasteiger partial charge < -0.3 is 10.2 Å². The molecular weight excluding hydrogens is 431 g/mol. The van der Waals surface area contributed by atoms with Gasteiger partial charge in [0.1, 0.15) is 11.1 Å². The molecule has 33 heavy (non-hydrogen) atoms. The molecule has 2 aromatic heterocycles. The Labute approximate surface area is 188 Å². The van der Waals surface area contributed by atoms with Crippen LogP contribution in [-0.2, 0) is 17.3 Å². The second-order valence-electron chi connectivity index (χ2n) is 9.60. The van der Waals surface area contributed by atoms with Crippen LogP contribution >= 0.6 is 0 Å². The topological polar surface area (TPSA) is 63.1 Å². The van der Waals surface area contributed by atoms with Crippen LogP contribution in [0.1, 0.15) is 31.4 Å². The molecular formula is C24H24F3N5O. The van der Waals surface area contributed by atoms with Gasteiger partial charge in [-0.3, -0.25) is 14.5 Å². The summed E-state index contributed by atoms with van der Waals surface area (Å²) in [6, 6.07) is 9.01. The van der Waals surface area contributed by atoms with Crippen molar-refractivity contribution in [2.75, 3.05) is 24.5 Å². The summed E-state index contributed by atoms with van der Waals surface area (Å²) in [7, 11) is 1.81. The number of carbonyl (C=O) groups excluding carboxylic acids is 1. The summed E-state index contributed by atoms with van der Waals surface area (Å²) in [6.45, 7) is 2.23. The van der Waals surface area contributed by atoms with Crippen LogP contribution in [0.2, 0.25) is 0 Å². The number of benzene rings is 1. The Morgan fingerprint density at radius 1 is 1.09 bits per heavy atom. The van der Waals surface area contributed by atoms with Crippen molar-refractivity contribution in [3.63, 3.8) is 0 Å². The third kappa shape index (κ3) is 2.94. The molecule has 1 amide bonds. The number of rotatable bonds is 3. The maximum atomic E-state index is 13.7.